The van der Waals surface area contributed by atoms with Crippen molar-refractivity contribution >= 4 is 35.1 Å². The first-order chi connectivity index (χ1) is 16.0. The number of nitrogens with zero attached hydrogens (tertiary/aromatic N) is 1. The second-order valence-corrected chi connectivity index (χ2v) is 7.97. The zero-order valence-electron chi connectivity index (χ0n) is 19.3. The number of para-hydroxylation sites is 1. The predicted octanol–water partition coefficient (Wildman–Crippen LogP) is 2.04. The van der Waals surface area contributed by atoms with E-state index in [2.05, 4.69) is 17.6 Å². The fourth-order valence-electron chi connectivity index (χ4n) is 3.34. The van der Waals surface area contributed by atoms with Gasteiger partial charge >= 0.3 is 5.97 Å². The van der Waals surface area contributed by atoms with Crippen LogP contribution in [0.1, 0.15) is 49.4 Å². The minimum Gasteiger partial charge on any atom is -0.493 e. The lowest BCUT2D eigenvalue weighted by molar-refractivity contribution is -0.148. The SMILES string of the molecule is CCCCCCOc1ccccc1C(=O)NC(=S)N1CCNC(=O)C1CC(=O)OCCOC. The van der Waals surface area contributed by atoms with Gasteiger partial charge in [-0.25, -0.2) is 0 Å². The Morgan fingerprint density at radius 3 is 2.73 bits per heavy atom. The van der Waals surface area contributed by atoms with E-state index in [9.17, 15) is 14.4 Å². The fourth-order valence-corrected chi connectivity index (χ4v) is 3.65. The van der Waals surface area contributed by atoms with Crippen molar-refractivity contribution in [1.29, 1.82) is 0 Å². The standard InChI is InChI=1S/C23H33N3O6S/c1-3-4-5-8-13-31-19-10-7-6-9-17(19)21(28)25-23(33)26-12-11-24-22(29)18(26)16-20(27)32-15-14-30-2/h6-7,9-10,18H,3-5,8,11-16H2,1-2H3,(H,24,29)(H,25,28,33). The number of methoxy groups -OCH3 is 1. The number of hydrogen-bond donors (Lipinski definition) is 2. The topological polar surface area (TPSA) is 106 Å². The van der Waals surface area contributed by atoms with Crippen LogP contribution in [0.15, 0.2) is 24.3 Å². The van der Waals surface area contributed by atoms with E-state index >= 15 is 0 Å². The molecule has 1 aliphatic rings. The Morgan fingerprint density at radius 2 is 1.97 bits per heavy atom. The quantitative estimate of drug-likeness (QED) is 0.267. The van der Waals surface area contributed by atoms with E-state index in [0.29, 0.717) is 31.0 Å². The molecular formula is C23H33N3O6S. The third-order valence-corrected chi connectivity index (χ3v) is 5.45. The van der Waals surface area contributed by atoms with Gasteiger partial charge in [0.2, 0.25) is 5.91 Å². The summed E-state index contributed by atoms with van der Waals surface area (Å²) in [5.41, 5.74) is 0.354. The average molecular weight is 480 g/mol. The molecule has 1 fully saturated rings. The smallest absolute Gasteiger partial charge is 0.308 e. The zero-order valence-corrected chi connectivity index (χ0v) is 20.1. The molecule has 0 aliphatic carbocycles. The van der Waals surface area contributed by atoms with Crippen molar-refractivity contribution in [3.63, 3.8) is 0 Å². The molecule has 1 aliphatic heterocycles. The Kier molecular flexibility index (Phi) is 11.6. The van der Waals surface area contributed by atoms with Crippen LogP contribution in [-0.2, 0) is 19.1 Å². The summed E-state index contributed by atoms with van der Waals surface area (Å²) in [6.45, 7) is 3.73. The molecule has 182 valence electrons. The molecule has 1 unspecified atom stereocenters. The number of esters is 1. The van der Waals surface area contributed by atoms with E-state index in [1.807, 2.05) is 0 Å². The lowest BCUT2D eigenvalue weighted by atomic mass is 10.1. The first kappa shape index (κ1) is 26.5. The highest BCUT2D eigenvalue weighted by molar-refractivity contribution is 7.80. The van der Waals surface area contributed by atoms with Crippen LogP contribution in [0.3, 0.4) is 0 Å². The van der Waals surface area contributed by atoms with E-state index in [-0.39, 0.29) is 30.7 Å². The van der Waals surface area contributed by atoms with Gasteiger partial charge in [0.05, 0.1) is 25.2 Å². The van der Waals surface area contributed by atoms with Gasteiger partial charge in [0, 0.05) is 20.2 Å². The Hall–Kier alpha value is -2.72. The molecule has 9 nitrogen and oxygen atoms in total. The number of ether oxygens (including phenoxy) is 3. The Bertz CT molecular complexity index is 819. The summed E-state index contributed by atoms with van der Waals surface area (Å²) < 4.78 is 15.7. The number of benzene rings is 1. The number of nitrogens with one attached hydrogen (secondary N) is 2. The third kappa shape index (κ3) is 8.62. The van der Waals surface area contributed by atoms with Crippen molar-refractivity contribution in [2.75, 3.05) is 40.0 Å². The molecule has 2 N–H and O–H groups in total. The summed E-state index contributed by atoms with van der Waals surface area (Å²) in [6, 6.07) is 6.08. The van der Waals surface area contributed by atoms with Crippen molar-refractivity contribution in [3.8, 4) is 5.75 Å². The van der Waals surface area contributed by atoms with Gasteiger partial charge in [-0.2, -0.15) is 0 Å². The van der Waals surface area contributed by atoms with Gasteiger partial charge in [0.15, 0.2) is 5.11 Å². The van der Waals surface area contributed by atoms with E-state index < -0.39 is 17.9 Å². The largest absolute Gasteiger partial charge is 0.493 e. The Labute approximate surface area is 200 Å². The van der Waals surface area contributed by atoms with Crippen LogP contribution >= 0.6 is 12.2 Å². The van der Waals surface area contributed by atoms with Gasteiger partial charge in [0.1, 0.15) is 18.4 Å². The maximum absolute atomic E-state index is 12.9. The number of unbranched alkanes of at least 4 members (excludes halogenated alkanes) is 3. The van der Waals surface area contributed by atoms with Crippen LogP contribution in [0, 0.1) is 0 Å². The van der Waals surface area contributed by atoms with Crippen LogP contribution in [0.25, 0.3) is 0 Å². The molecule has 0 aromatic heterocycles. The molecule has 1 aromatic rings. The van der Waals surface area contributed by atoms with Crippen molar-refractivity contribution in [3.05, 3.63) is 29.8 Å². The fraction of sp³-hybridized carbons (Fsp3) is 0.565. The maximum Gasteiger partial charge on any atom is 0.308 e. The van der Waals surface area contributed by atoms with Gasteiger partial charge in [0.25, 0.3) is 5.91 Å². The van der Waals surface area contributed by atoms with Crippen molar-refractivity contribution in [1.82, 2.24) is 15.5 Å². The van der Waals surface area contributed by atoms with Gasteiger partial charge in [-0.15, -0.1) is 0 Å². The van der Waals surface area contributed by atoms with Crippen molar-refractivity contribution in [2.45, 2.75) is 45.1 Å². The summed E-state index contributed by atoms with van der Waals surface area (Å²) in [4.78, 5) is 39.0. The molecule has 2 rings (SSSR count). The third-order valence-electron chi connectivity index (χ3n) is 5.11. The lowest BCUT2D eigenvalue weighted by Gasteiger charge is -2.36. The summed E-state index contributed by atoms with van der Waals surface area (Å²) in [5, 5.41) is 5.47. The van der Waals surface area contributed by atoms with E-state index in [4.69, 9.17) is 26.4 Å². The normalized spacial score (nSPS) is 15.5. The highest BCUT2D eigenvalue weighted by atomic mass is 32.1. The number of thiocarbonyl (C=S) groups is 1. The first-order valence-electron chi connectivity index (χ1n) is 11.2. The number of carbonyl (C=O) groups excluding carboxylic acids is 3. The molecule has 1 saturated heterocycles. The Morgan fingerprint density at radius 1 is 1.18 bits per heavy atom. The van der Waals surface area contributed by atoms with Gasteiger partial charge in [-0.1, -0.05) is 38.3 Å². The predicted molar refractivity (Wildman–Crippen MR) is 127 cm³/mol. The second-order valence-electron chi connectivity index (χ2n) is 7.58. The summed E-state index contributed by atoms with van der Waals surface area (Å²) in [5.74, 6) is -0.854. The molecule has 33 heavy (non-hydrogen) atoms. The van der Waals surface area contributed by atoms with Gasteiger partial charge in [-0.3, -0.25) is 19.7 Å². The van der Waals surface area contributed by atoms with Crippen LogP contribution in [0.4, 0.5) is 0 Å². The lowest BCUT2D eigenvalue weighted by Crippen LogP contribution is -2.60. The van der Waals surface area contributed by atoms with Crippen molar-refractivity contribution < 1.29 is 28.6 Å². The molecule has 10 heteroatoms. The highest BCUT2D eigenvalue weighted by Gasteiger charge is 2.34. The molecule has 1 aromatic carbocycles. The second kappa shape index (κ2) is 14.4. The minimum atomic E-state index is -0.869. The van der Waals surface area contributed by atoms with Crippen LogP contribution in [0.2, 0.25) is 0 Å². The van der Waals surface area contributed by atoms with Gasteiger partial charge in [-0.05, 0) is 30.8 Å². The van der Waals surface area contributed by atoms with Gasteiger partial charge < -0.3 is 24.4 Å². The van der Waals surface area contributed by atoms with Crippen LogP contribution < -0.4 is 15.4 Å². The van der Waals surface area contributed by atoms with E-state index in [0.717, 1.165) is 25.7 Å². The molecule has 2 amide bonds. The monoisotopic (exact) mass is 479 g/mol. The number of hydrogen-bond acceptors (Lipinski definition) is 7. The number of piperazine rings is 1. The summed E-state index contributed by atoms with van der Waals surface area (Å²) >= 11 is 5.42. The minimum absolute atomic E-state index is 0.0716. The number of amides is 2. The molecule has 0 bridgehead atoms. The molecule has 1 heterocycles. The van der Waals surface area contributed by atoms with E-state index in [1.54, 1.807) is 24.3 Å². The molecule has 1 atom stereocenters. The summed E-state index contributed by atoms with van der Waals surface area (Å²) in [7, 11) is 1.50. The average Bonchev–Trinajstić information content (AvgIpc) is 2.80. The molecule has 0 saturated carbocycles. The van der Waals surface area contributed by atoms with E-state index in [1.165, 1.54) is 12.0 Å². The molecule has 0 spiro atoms. The van der Waals surface area contributed by atoms with Crippen LogP contribution in [-0.4, -0.2) is 73.9 Å². The molecular weight excluding hydrogens is 446 g/mol. The van der Waals surface area contributed by atoms with Crippen molar-refractivity contribution in [2.24, 2.45) is 0 Å². The molecule has 0 radical (unpaired) electrons. The summed E-state index contributed by atoms with van der Waals surface area (Å²) in [6.07, 6.45) is 4.07. The number of carbonyl (C=O) groups is 3. The van der Waals surface area contributed by atoms with Crippen LogP contribution in [0.5, 0.6) is 5.75 Å². The first-order valence-corrected chi connectivity index (χ1v) is 11.6. The highest BCUT2D eigenvalue weighted by Crippen LogP contribution is 2.19. The number of rotatable bonds is 12. The Balaban J connectivity index is 2.00. The zero-order chi connectivity index (χ0) is 24.1. The maximum atomic E-state index is 12.9.